The molecule has 6 nitrogen and oxygen atoms in total. The Labute approximate surface area is 84.4 Å². The summed E-state index contributed by atoms with van der Waals surface area (Å²) in [5.74, 6) is 0. The molecular weight excluding hydrogens is 401 g/mol. The van der Waals surface area contributed by atoms with Gasteiger partial charge in [-0.25, -0.2) is 0 Å². The number of rotatable bonds is 0. The van der Waals surface area contributed by atoms with Crippen LogP contribution >= 0.6 is 17.2 Å². The number of hydrogen-bond acceptors (Lipinski definition) is 6. The molecule has 0 saturated heterocycles. The molecule has 0 saturated carbocycles. The zero-order valence-electron chi connectivity index (χ0n) is 4.09. The van der Waals surface area contributed by atoms with Crippen molar-refractivity contribution in [2.45, 2.75) is 0 Å². The average molecular weight is 401 g/mol. The van der Waals surface area contributed by atoms with Crippen molar-refractivity contribution < 1.29 is 67.2 Å². The minimum atomic E-state index is -3.37. The molecule has 65 valence electrons. The van der Waals surface area contributed by atoms with Gasteiger partial charge in [-0.1, -0.05) is 0 Å². The molecule has 0 N–H and O–H groups in total. The van der Waals surface area contributed by atoms with Gasteiger partial charge >= 0.3 is 16.8 Å². The molecule has 0 aliphatic carbocycles. The predicted octanol–water partition coefficient (Wildman–Crippen LogP) is -5.42. The van der Waals surface area contributed by atoms with E-state index in [1.165, 1.54) is 0 Å². The van der Waals surface area contributed by atoms with Gasteiger partial charge in [0.1, 0.15) is 0 Å². The fourth-order valence-electron chi connectivity index (χ4n) is 0. The molecule has 0 aliphatic rings. The normalized spacial score (nSPS) is 7.20. The molecule has 1 radical (unpaired) electrons. The minimum Gasteiger partial charge on any atom is -0.854 e. The van der Waals surface area contributed by atoms with Crippen molar-refractivity contribution in [2.24, 2.45) is 0 Å². The maximum Gasteiger partial charge on any atom is 2.00 e. The Kier molecular flexibility index (Phi) is 38.6. The van der Waals surface area contributed by atoms with Crippen LogP contribution in [0.5, 0.6) is 0 Å². The third kappa shape index (κ3) is 232. The third-order valence-electron chi connectivity index (χ3n) is 0. The van der Waals surface area contributed by atoms with Gasteiger partial charge in [0.2, 0.25) is 0 Å². The van der Waals surface area contributed by atoms with Gasteiger partial charge in [0.15, 0.2) is 0 Å². The van der Waals surface area contributed by atoms with Crippen LogP contribution in [0.2, 0.25) is 0 Å². The summed E-state index contributed by atoms with van der Waals surface area (Å²) in [4.78, 5) is 50.9. The second kappa shape index (κ2) is 17.1. The summed E-state index contributed by atoms with van der Waals surface area (Å²) in [6.45, 7) is 0. The minimum absolute atomic E-state index is 0. The molecular formula is CoO6P2W-4. The Balaban J connectivity index is -0.0000000300. The van der Waals surface area contributed by atoms with Gasteiger partial charge in [-0.15, -0.1) is 0 Å². The molecule has 0 unspecified atom stereocenters. The second-order valence-corrected chi connectivity index (χ2v) is 1.34. The zero-order chi connectivity index (χ0) is 7.15. The van der Waals surface area contributed by atoms with Crippen molar-refractivity contribution in [3.05, 3.63) is 0 Å². The molecule has 0 aromatic rings. The van der Waals surface area contributed by atoms with E-state index in [0.717, 1.165) is 0 Å². The van der Waals surface area contributed by atoms with Crippen molar-refractivity contribution in [1.29, 1.82) is 0 Å². The van der Waals surface area contributed by atoms with Gasteiger partial charge in [-0.05, 0) is 0 Å². The monoisotopic (exact) mass is 401 g/mol. The molecule has 0 amide bonds. The maximum absolute atomic E-state index is 8.48. The average Bonchev–Trinajstić information content (AvgIpc) is 1.25. The first-order valence-corrected chi connectivity index (χ1v) is 3.29. The van der Waals surface area contributed by atoms with Crippen molar-refractivity contribution in [3.63, 3.8) is 0 Å². The molecule has 0 spiro atoms. The van der Waals surface area contributed by atoms with E-state index >= 15 is 0 Å². The second-order valence-electron chi connectivity index (χ2n) is 0.447. The summed E-state index contributed by atoms with van der Waals surface area (Å²) in [6, 6.07) is 0. The molecule has 0 fully saturated rings. The van der Waals surface area contributed by atoms with Crippen LogP contribution < -0.4 is 29.4 Å². The first-order chi connectivity index (χ1) is 3.46. The van der Waals surface area contributed by atoms with E-state index < -0.39 is 17.2 Å². The van der Waals surface area contributed by atoms with Gasteiger partial charge < -0.3 is 46.6 Å². The van der Waals surface area contributed by atoms with Gasteiger partial charge in [0.05, 0.1) is 0 Å². The molecule has 0 rings (SSSR count). The molecule has 10 heteroatoms. The van der Waals surface area contributed by atoms with Crippen LogP contribution in [0.1, 0.15) is 0 Å². The topological polar surface area (TPSA) is 138 Å². The van der Waals surface area contributed by atoms with Crippen LogP contribution in [0, 0.1) is 0 Å². The molecule has 0 heterocycles. The standard InChI is InChI=1S/Co.2O3P.W/c;2*1-4(2)3;/q+2;2*-3;. The van der Waals surface area contributed by atoms with E-state index in [0.29, 0.717) is 0 Å². The summed E-state index contributed by atoms with van der Waals surface area (Å²) >= 11 is 0. The maximum atomic E-state index is 8.48. The van der Waals surface area contributed by atoms with Gasteiger partial charge in [0, 0.05) is 21.1 Å². The van der Waals surface area contributed by atoms with Crippen molar-refractivity contribution >= 4 is 17.2 Å². The number of hydrogen-bond donors (Lipinski definition) is 0. The van der Waals surface area contributed by atoms with E-state index in [1.807, 2.05) is 0 Å². The Hall–Kier alpha value is 1.81. The quantitative estimate of drug-likeness (QED) is 0.372. The molecule has 0 aliphatic heterocycles. The van der Waals surface area contributed by atoms with Crippen LogP contribution in [0.3, 0.4) is 0 Å². The smallest absolute Gasteiger partial charge is 0.854 e. The Morgan fingerprint density at radius 3 is 0.600 bits per heavy atom. The van der Waals surface area contributed by atoms with Crippen molar-refractivity contribution in [1.82, 2.24) is 0 Å². The molecule has 0 aromatic heterocycles. The summed E-state index contributed by atoms with van der Waals surface area (Å²) in [5, 5.41) is 0. The molecule has 0 aromatic carbocycles. The van der Waals surface area contributed by atoms with Gasteiger partial charge in [0.25, 0.3) is 0 Å². The summed E-state index contributed by atoms with van der Waals surface area (Å²) in [5.41, 5.74) is 0. The van der Waals surface area contributed by atoms with E-state index in [9.17, 15) is 0 Å². The zero-order valence-corrected chi connectivity index (χ0v) is 9.85. The van der Waals surface area contributed by atoms with E-state index in [1.54, 1.807) is 0 Å². The Bertz CT molecular complexity index is 31.2. The van der Waals surface area contributed by atoms with Crippen LogP contribution in [0.4, 0.5) is 0 Å². The summed E-state index contributed by atoms with van der Waals surface area (Å²) < 4.78 is 0. The van der Waals surface area contributed by atoms with Crippen LogP contribution in [-0.2, 0) is 37.8 Å². The van der Waals surface area contributed by atoms with Crippen molar-refractivity contribution in [3.8, 4) is 0 Å². The van der Waals surface area contributed by atoms with Crippen LogP contribution in [0.25, 0.3) is 0 Å². The predicted molar refractivity (Wildman–Crippen MR) is 13.8 cm³/mol. The summed E-state index contributed by atoms with van der Waals surface area (Å²) in [7, 11) is -6.74. The molecule has 10 heavy (non-hydrogen) atoms. The first-order valence-electron chi connectivity index (χ1n) is 1.10. The Morgan fingerprint density at radius 1 is 0.600 bits per heavy atom. The van der Waals surface area contributed by atoms with E-state index in [2.05, 4.69) is 0 Å². The van der Waals surface area contributed by atoms with Crippen LogP contribution in [-0.4, -0.2) is 0 Å². The SMILES string of the molecule is [Co+2].[O-]P([O-])[O-].[O-]P([O-])[O-].[W]. The van der Waals surface area contributed by atoms with Crippen LogP contribution in [0.15, 0.2) is 0 Å². The van der Waals surface area contributed by atoms with Gasteiger partial charge in [-0.3, -0.25) is 0 Å². The Morgan fingerprint density at radius 2 is 0.600 bits per heavy atom. The fraction of sp³-hybridized carbons (Fsp3) is 0. The van der Waals surface area contributed by atoms with Crippen molar-refractivity contribution in [2.75, 3.05) is 0 Å². The first kappa shape index (κ1) is 22.6. The third-order valence-corrected chi connectivity index (χ3v) is 0. The van der Waals surface area contributed by atoms with E-state index in [-0.39, 0.29) is 37.8 Å². The largest absolute Gasteiger partial charge is 2.00 e. The fourth-order valence-corrected chi connectivity index (χ4v) is 0. The van der Waals surface area contributed by atoms with Gasteiger partial charge in [-0.2, -0.15) is 0 Å². The van der Waals surface area contributed by atoms with E-state index in [4.69, 9.17) is 29.4 Å². The molecule has 0 bridgehead atoms. The molecule has 0 atom stereocenters. The summed E-state index contributed by atoms with van der Waals surface area (Å²) in [6.07, 6.45) is 0.